The second-order valence-corrected chi connectivity index (χ2v) is 6.66. The van der Waals surface area contributed by atoms with Gasteiger partial charge in [-0.05, 0) is 24.5 Å². The van der Waals surface area contributed by atoms with E-state index >= 15 is 0 Å². The van der Waals surface area contributed by atoms with Gasteiger partial charge in [-0.3, -0.25) is 0 Å². The van der Waals surface area contributed by atoms with E-state index in [1.165, 1.54) is 11.3 Å². The molecule has 1 unspecified atom stereocenters. The van der Waals surface area contributed by atoms with Gasteiger partial charge >= 0.3 is 0 Å². The van der Waals surface area contributed by atoms with Crippen molar-refractivity contribution in [2.45, 2.75) is 13.3 Å². The fourth-order valence-corrected chi connectivity index (χ4v) is 3.03. The van der Waals surface area contributed by atoms with Crippen molar-refractivity contribution in [2.75, 3.05) is 18.5 Å². The van der Waals surface area contributed by atoms with Gasteiger partial charge in [-0.15, -0.1) is 5.10 Å². The summed E-state index contributed by atoms with van der Waals surface area (Å²) in [6.45, 7) is 3.11. The van der Waals surface area contributed by atoms with Crippen LogP contribution in [0.3, 0.4) is 0 Å². The minimum absolute atomic E-state index is 0.217. The van der Waals surface area contributed by atoms with Crippen molar-refractivity contribution in [3.05, 3.63) is 35.5 Å². The Balaban J connectivity index is 1.73. The second kappa shape index (κ2) is 6.64. The number of benzene rings is 1. The third-order valence-corrected chi connectivity index (χ3v) is 4.54. The van der Waals surface area contributed by atoms with E-state index in [1.807, 2.05) is 30.5 Å². The Morgan fingerprint density at radius 2 is 2.14 bits per heavy atom. The van der Waals surface area contributed by atoms with E-state index in [2.05, 4.69) is 22.3 Å². The molecule has 0 radical (unpaired) electrons. The molecule has 1 atom stereocenters. The summed E-state index contributed by atoms with van der Waals surface area (Å²) in [6.07, 6.45) is 2.70. The van der Waals surface area contributed by atoms with Crippen LogP contribution in [0.1, 0.15) is 13.3 Å². The normalized spacial score (nSPS) is 12.7. The van der Waals surface area contributed by atoms with Gasteiger partial charge in [-0.1, -0.05) is 42.0 Å². The number of nitrogens with zero attached hydrogens (tertiary/aromatic N) is 3. The van der Waals surface area contributed by atoms with Crippen LogP contribution >= 0.6 is 22.9 Å². The highest BCUT2D eigenvalue weighted by Crippen LogP contribution is 2.25. The van der Waals surface area contributed by atoms with Gasteiger partial charge in [0.05, 0.1) is 11.9 Å². The van der Waals surface area contributed by atoms with Crippen molar-refractivity contribution in [2.24, 2.45) is 5.92 Å². The van der Waals surface area contributed by atoms with Gasteiger partial charge < -0.3 is 10.4 Å². The Morgan fingerprint density at radius 3 is 2.82 bits per heavy atom. The van der Waals surface area contributed by atoms with Gasteiger partial charge in [0, 0.05) is 23.7 Å². The van der Waals surface area contributed by atoms with E-state index < -0.39 is 0 Å². The predicted octanol–water partition coefficient (Wildman–Crippen LogP) is 3.54. The lowest BCUT2D eigenvalue weighted by Gasteiger charge is -2.09. The summed E-state index contributed by atoms with van der Waals surface area (Å²) < 4.78 is 1.79. The van der Waals surface area contributed by atoms with Crippen LogP contribution in [0.4, 0.5) is 5.13 Å². The predicted molar refractivity (Wildman–Crippen MR) is 90.7 cm³/mol. The third-order valence-electron chi connectivity index (χ3n) is 3.41. The number of rotatable bonds is 6. The molecule has 0 bridgehead atoms. The van der Waals surface area contributed by atoms with Crippen LogP contribution < -0.4 is 5.32 Å². The number of aliphatic hydroxyl groups excluding tert-OH is 1. The molecule has 0 aliphatic carbocycles. The number of hydrogen-bond acceptors (Lipinski definition) is 5. The number of nitrogens with one attached hydrogen (secondary N) is 1. The van der Waals surface area contributed by atoms with E-state index in [0.717, 1.165) is 34.3 Å². The molecule has 3 rings (SSSR count). The van der Waals surface area contributed by atoms with Crippen molar-refractivity contribution >= 4 is 33.0 Å². The Hall–Kier alpha value is -1.63. The van der Waals surface area contributed by atoms with Crippen LogP contribution in [0.25, 0.3) is 16.2 Å². The van der Waals surface area contributed by atoms with Gasteiger partial charge in [-0.2, -0.15) is 0 Å². The molecule has 2 aromatic heterocycles. The average molecular weight is 337 g/mol. The molecule has 5 nitrogen and oxygen atoms in total. The van der Waals surface area contributed by atoms with Crippen LogP contribution in [0.2, 0.25) is 5.02 Å². The molecule has 0 fully saturated rings. The lowest BCUT2D eigenvalue weighted by Crippen LogP contribution is -2.12. The number of imidazole rings is 1. The quantitative estimate of drug-likeness (QED) is 0.722. The van der Waals surface area contributed by atoms with Crippen molar-refractivity contribution in [3.63, 3.8) is 0 Å². The molecule has 0 amide bonds. The summed E-state index contributed by atoms with van der Waals surface area (Å²) in [5.41, 5.74) is 1.91. The highest BCUT2D eigenvalue weighted by molar-refractivity contribution is 7.20. The minimum atomic E-state index is 0.217. The van der Waals surface area contributed by atoms with E-state index in [9.17, 15) is 0 Å². The maximum absolute atomic E-state index is 8.91. The molecule has 7 heteroatoms. The van der Waals surface area contributed by atoms with Gasteiger partial charge in [-0.25, -0.2) is 9.50 Å². The fourth-order valence-electron chi connectivity index (χ4n) is 2.12. The van der Waals surface area contributed by atoms with Gasteiger partial charge in [0.15, 0.2) is 0 Å². The third kappa shape index (κ3) is 3.40. The van der Waals surface area contributed by atoms with E-state index in [1.54, 1.807) is 4.52 Å². The molecular formula is C15H17ClN4OS. The summed E-state index contributed by atoms with van der Waals surface area (Å²) in [5, 5.41) is 18.2. The van der Waals surface area contributed by atoms with Crippen molar-refractivity contribution in [3.8, 4) is 11.3 Å². The number of halogens is 1. The summed E-state index contributed by atoms with van der Waals surface area (Å²) in [7, 11) is 0. The van der Waals surface area contributed by atoms with E-state index in [-0.39, 0.29) is 6.61 Å². The van der Waals surface area contributed by atoms with Crippen LogP contribution in [0.5, 0.6) is 0 Å². The second-order valence-electron chi connectivity index (χ2n) is 5.27. The summed E-state index contributed by atoms with van der Waals surface area (Å²) in [4.78, 5) is 5.44. The first kappa shape index (κ1) is 15.3. The maximum Gasteiger partial charge on any atom is 0.214 e. The number of aliphatic hydroxyl groups is 1. The summed E-state index contributed by atoms with van der Waals surface area (Å²) >= 11 is 7.42. The zero-order valence-electron chi connectivity index (χ0n) is 12.2. The Labute approximate surface area is 137 Å². The zero-order valence-corrected chi connectivity index (χ0v) is 13.7. The maximum atomic E-state index is 8.91. The van der Waals surface area contributed by atoms with Gasteiger partial charge in [0.1, 0.15) is 0 Å². The molecule has 0 saturated carbocycles. The first-order valence-electron chi connectivity index (χ1n) is 7.12. The standard InChI is InChI=1S/C15H17ClN4OS/c1-10(6-7-21)8-17-14-19-20-9-13(18-15(20)22-14)11-2-4-12(16)5-3-11/h2-5,9-10,21H,6-8H2,1H3,(H,17,19). The monoisotopic (exact) mass is 336 g/mol. The van der Waals surface area contributed by atoms with Gasteiger partial charge in [0.2, 0.25) is 10.1 Å². The van der Waals surface area contributed by atoms with Crippen molar-refractivity contribution < 1.29 is 5.11 Å². The summed E-state index contributed by atoms with van der Waals surface area (Å²) in [6, 6.07) is 7.61. The molecule has 1 aromatic carbocycles. The van der Waals surface area contributed by atoms with E-state index in [0.29, 0.717) is 10.9 Å². The van der Waals surface area contributed by atoms with Crippen LogP contribution in [-0.2, 0) is 0 Å². The Morgan fingerprint density at radius 1 is 1.36 bits per heavy atom. The number of fused-ring (bicyclic) bond motifs is 1. The molecule has 0 aliphatic heterocycles. The molecule has 0 saturated heterocycles. The smallest absolute Gasteiger partial charge is 0.214 e. The number of aromatic nitrogens is 3. The minimum Gasteiger partial charge on any atom is -0.396 e. The molecule has 2 N–H and O–H groups in total. The first-order chi connectivity index (χ1) is 10.7. The molecule has 0 aliphatic rings. The Bertz CT molecular complexity index is 721. The lowest BCUT2D eigenvalue weighted by molar-refractivity contribution is 0.266. The summed E-state index contributed by atoms with van der Waals surface area (Å²) in [5.74, 6) is 0.408. The fraction of sp³-hybridized carbons (Fsp3) is 0.333. The number of anilines is 1. The van der Waals surface area contributed by atoms with Crippen LogP contribution in [0.15, 0.2) is 30.5 Å². The van der Waals surface area contributed by atoms with Crippen LogP contribution in [0, 0.1) is 5.92 Å². The molecule has 22 heavy (non-hydrogen) atoms. The van der Waals surface area contributed by atoms with E-state index in [4.69, 9.17) is 16.7 Å². The Kier molecular flexibility index (Phi) is 4.61. The average Bonchev–Trinajstić information content (AvgIpc) is 3.04. The van der Waals surface area contributed by atoms with Crippen LogP contribution in [-0.4, -0.2) is 32.9 Å². The molecule has 0 spiro atoms. The van der Waals surface area contributed by atoms with Crippen molar-refractivity contribution in [1.29, 1.82) is 0 Å². The van der Waals surface area contributed by atoms with Gasteiger partial charge in [0.25, 0.3) is 0 Å². The molecule has 2 heterocycles. The zero-order chi connectivity index (χ0) is 15.5. The largest absolute Gasteiger partial charge is 0.396 e. The highest BCUT2D eigenvalue weighted by atomic mass is 35.5. The topological polar surface area (TPSA) is 62.5 Å². The SMILES string of the molecule is CC(CCO)CNc1nn2cc(-c3ccc(Cl)cc3)nc2s1. The van der Waals surface area contributed by atoms with Crippen molar-refractivity contribution in [1.82, 2.24) is 14.6 Å². The molecule has 116 valence electrons. The number of hydrogen-bond donors (Lipinski definition) is 2. The highest BCUT2D eigenvalue weighted by Gasteiger charge is 2.10. The molecular weight excluding hydrogens is 320 g/mol. The molecule has 3 aromatic rings. The first-order valence-corrected chi connectivity index (χ1v) is 8.32. The lowest BCUT2D eigenvalue weighted by atomic mass is 10.1.